The number of nitrogens with zero attached hydrogens (tertiary/aromatic N) is 2. The molecule has 0 radical (unpaired) electrons. The molecule has 0 atom stereocenters. The van der Waals surface area contributed by atoms with Crippen LogP contribution in [0.1, 0.15) is 28.0 Å². The van der Waals surface area contributed by atoms with Crippen LogP contribution in [0.5, 0.6) is 0 Å². The predicted molar refractivity (Wildman–Crippen MR) is 65.7 cm³/mol. The monoisotopic (exact) mass is 251 g/mol. The minimum absolute atomic E-state index is 0.0699. The largest absolute Gasteiger partial charge is 0.366 e. The lowest BCUT2D eigenvalue weighted by Gasteiger charge is -2.02. The third-order valence-electron chi connectivity index (χ3n) is 2.35. The molecule has 0 bridgehead atoms. The molecule has 0 spiro atoms. The topological polar surface area (TPSA) is 96.7 Å². The Morgan fingerprint density at radius 1 is 1.65 bits per heavy atom. The Bertz CT molecular complexity index is 518. The molecule has 2 aromatic heterocycles. The number of hydrogen-bond donors (Lipinski definition) is 3. The normalized spacial score (nSPS) is 10.4. The minimum Gasteiger partial charge on any atom is -0.366 e. The fourth-order valence-corrected chi connectivity index (χ4v) is 2.37. The second-order valence-electron chi connectivity index (χ2n) is 3.45. The van der Waals surface area contributed by atoms with Gasteiger partial charge in [-0.3, -0.25) is 9.89 Å². The highest BCUT2D eigenvalue weighted by molar-refractivity contribution is 7.10. The zero-order valence-electron chi connectivity index (χ0n) is 9.36. The third kappa shape index (κ3) is 2.62. The molecule has 0 aliphatic heterocycles. The highest BCUT2D eigenvalue weighted by Crippen LogP contribution is 2.16. The van der Waals surface area contributed by atoms with E-state index in [-0.39, 0.29) is 17.7 Å². The van der Waals surface area contributed by atoms with E-state index in [0.717, 1.165) is 11.3 Å². The number of aromatic nitrogens is 3. The summed E-state index contributed by atoms with van der Waals surface area (Å²) in [6.45, 7) is 2.59. The molecule has 0 saturated carbocycles. The second kappa shape index (κ2) is 4.96. The first-order valence-electron chi connectivity index (χ1n) is 5.22. The van der Waals surface area contributed by atoms with E-state index in [1.807, 2.05) is 5.38 Å². The predicted octanol–water partition coefficient (Wildman–Crippen LogP) is 0.941. The fourth-order valence-electron chi connectivity index (χ4n) is 1.46. The van der Waals surface area contributed by atoms with Crippen LogP contribution >= 0.6 is 11.3 Å². The Hall–Kier alpha value is -1.89. The third-order valence-corrected chi connectivity index (χ3v) is 3.31. The van der Waals surface area contributed by atoms with E-state index >= 15 is 0 Å². The van der Waals surface area contributed by atoms with Gasteiger partial charge in [-0.05, 0) is 23.4 Å². The molecule has 6 nitrogen and oxygen atoms in total. The van der Waals surface area contributed by atoms with E-state index in [1.165, 1.54) is 5.56 Å². The van der Waals surface area contributed by atoms with Gasteiger partial charge in [0.15, 0.2) is 0 Å². The van der Waals surface area contributed by atoms with E-state index in [4.69, 9.17) is 5.73 Å². The van der Waals surface area contributed by atoms with Gasteiger partial charge in [0.2, 0.25) is 11.8 Å². The van der Waals surface area contributed by atoms with Crippen molar-refractivity contribution in [3.05, 3.63) is 27.7 Å². The van der Waals surface area contributed by atoms with E-state index in [0.29, 0.717) is 6.54 Å². The number of carbonyl (C=O) groups is 1. The number of thiophene rings is 1. The first-order valence-corrected chi connectivity index (χ1v) is 6.10. The molecule has 1 amide bonds. The summed E-state index contributed by atoms with van der Waals surface area (Å²) >= 11 is 1.63. The Morgan fingerprint density at radius 2 is 2.47 bits per heavy atom. The van der Waals surface area contributed by atoms with Crippen molar-refractivity contribution in [1.82, 2.24) is 20.5 Å². The molecule has 7 heteroatoms. The quantitative estimate of drug-likeness (QED) is 0.753. The van der Waals surface area contributed by atoms with E-state index in [1.54, 1.807) is 11.3 Å². The number of carbonyl (C=O) groups excluding carboxylic acids is 1. The van der Waals surface area contributed by atoms with E-state index in [9.17, 15) is 4.79 Å². The molecule has 2 aromatic rings. The number of amides is 1. The summed E-state index contributed by atoms with van der Waals surface area (Å²) < 4.78 is 0. The number of aryl methyl sites for hydroxylation is 1. The molecule has 90 valence electrons. The molecule has 0 unspecified atom stereocenters. The maximum absolute atomic E-state index is 11.7. The van der Waals surface area contributed by atoms with Gasteiger partial charge in [-0.2, -0.15) is 4.98 Å². The number of nitrogens with one attached hydrogen (secondary N) is 2. The second-order valence-corrected chi connectivity index (χ2v) is 4.45. The lowest BCUT2D eigenvalue weighted by molar-refractivity contribution is 0.0941. The van der Waals surface area contributed by atoms with E-state index < -0.39 is 0 Å². The average molecular weight is 251 g/mol. The van der Waals surface area contributed by atoms with Crippen LogP contribution in [0.2, 0.25) is 0 Å². The Morgan fingerprint density at radius 3 is 3.12 bits per heavy atom. The number of rotatable bonds is 4. The van der Waals surface area contributed by atoms with Gasteiger partial charge >= 0.3 is 0 Å². The van der Waals surface area contributed by atoms with Crippen molar-refractivity contribution in [1.29, 1.82) is 0 Å². The van der Waals surface area contributed by atoms with Gasteiger partial charge in [0.05, 0.1) is 6.54 Å². The van der Waals surface area contributed by atoms with Crippen molar-refractivity contribution in [2.75, 3.05) is 5.73 Å². The van der Waals surface area contributed by atoms with Crippen LogP contribution in [0.15, 0.2) is 11.4 Å². The molecular formula is C10H13N5OS. The zero-order valence-corrected chi connectivity index (χ0v) is 10.2. The molecule has 0 fully saturated rings. The van der Waals surface area contributed by atoms with Gasteiger partial charge in [-0.15, -0.1) is 16.4 Å². The first-order chi connectivity index (χ1) is 8.20. The standard InChI is InChI=1S/C10H13N5OS/c1-2-6-3-4-17-7(6)5-12-9(16)8-13-10(11)15-14-8/h3-4H,2,5H2,1H3,(H,12,16)(H3,11,13,14,15). The lowest BCUT2D eigenvalue weighted by Crippen LogP contribution is -2.24. The van der Waals surface area contributed by atoms with Gasteiger partial charge in [0.1, 0.15) is 0 Å². The molecule has 0 aliphatic rings. The van der Waals surface area contributed by atoms with Crippen LogP contribution in [0.4, 0.5) is 5.95 Å². The molecule has 2 heterocycles. The summed E-state index contributed by atoms with van der Waals surface area (Å²) in [5, 5.41) is 10.9. The van der Waals surface area contributed by atoms with Gasteiger partial charge in [-0.25, -0.2) is 0 Å². The minimum atomic E-state index is -0.301. The number of nitrogens with two attached hydrogens (primary N) is 1. The fraction of sp³-hybridized carbons (Fsp3) is 0.300. The van der Waals surface area contributed by atoms with E-state index in [2.05, 4.69) is 33.5 Å². The zero-order chi connectivity index (χ0) is 12.3. The van der Waals surface area contributed by atoms with Crippen LogP contribution in [-0.4, -0.2) is 21.1 Å². The number of nitrogen functional groups attached to an aromatic ring is 1. The summed E-state index contributed by atoms with van der Waals surface area (Å²) in [6.07, 6.45) is 0.962. The highest BCUT2D eigenvalue weighted by Gasteiger charge is 2.11. The Balaban J connectivity index is 1.97. The van der Waals surface area contributed by atoms with Gasteiger partial charge in [-0.1, -0.05) is 6.92 Å². The number of anilines is 1. The summed E-state index contributed by atoms with van der Waals surface area (Å²) in [6, 6.07) is 2.07. The van der Waals surface area contributed by atoms with Crippen molar-refractivity contribution in [3.63, 3.8) is 0 Å². The average Bonchev–Trinajstić information content (AvgIpc) is 2.94. The number of H-pyrrole nitrogens is 1. The van der Waals surface area contributed by atoms with Crippen molar-refractivity contribution in [3.8, 4) is 0 Å². The Labute approximate surface area is 102 Å². The van der Waals surface area contributed by atoms with Crippen molar-refractivity contribution in [2.45, 2.75) is 19.9 Å². The molecule has 17 heavy (non-hydrogen) atoms. The maximum atomic E-state index is 11.7. The maximum Gasteiger partial charge on any atom is 0.288 e. The van der Waals surface area contributed by atoms with Gasteiger partial charge in [0.25, 0.3) is 5.91 Å². The highest BCUT2D eigenvalue weighted by atomic mass is 32.1. The molecule has 0 saturated heterocycles. The summed E-state index contributed by atoms with van der Waals surface area (Å²) in [5.41, 5.74) is 6.58. The number of hydrogen-bond acceptors (Lipinski definition) is 5. The van der Waals surface area contributed by atoms with Crippen LogP contribution in [0.25, 0.3) is 0 Å². The first kappa shape index (κ1) is 11.6. The number of aromatic amines is 1. The lowest BCUT2D eigenvalue weighted by atomic mass is 10.2. The molecular weight excluding hydrogens is 238 g/mol. The molecule has 2 rings (SSSR count). The van der Waals surface area contributed by atoms with Gasteiger partial charge in [0, 0.05) is 4.88 Å². The van der Waals surface area contributed by atoms with Crippen molar-refractivity contribution in [2.24, 2.45) is 0 Å². The molecule has 0 aromatic carbocycles. The summed E-state index contributed by atoms with van der Waals surface area (Å²) in [5.74, 6) is -0.0951. The van der Waals surface area contributed by atoms with Crippen molar-refractivity contribution < 1.29 is 4.79 Å². The van der Waals surface area contributed by atoms with Gasteiger partial charge < -0.3 is 11.1 Å². The SMILES string of the molecule is CCc1ccsc1CNC(=O)c1nc(N)n[nH]1. The van der Waals surface area contributed by atoms with Crippen LogP contribution in [0, 0.1) is 0 Å². The molecule has 0 aliphatic carbocycles. The van der Waals surface area contributed by atoms with Crippen LogP contribution < -0.4 is 11.1 Å². The Kier molecular flexibility index (Phi) is 3.38. The van der Waals surface area contributed by atoms with Crippen LogP contribution in [-0.2, 0) is 13.0 Å². The van der Waals surface area contributed by atoms with Crippen LogP contribution in [0.3, 0.4) is 0 Å². The summed E-state index contributed by atoms with van der Waals surface area (Å²) in [7, 11) is 0. The smallest absolute Gasteiger partial charge is 0.288 e. The van der Waals surface area contributed by atoms with Crippen molar-refractivity contribution >= 4 is 23.2 Å². The molecule has 4 N–H and O–H groups in total. The summed E-state index contributed by atoms with van der Waals surface area (Å²) in [4.78, 5) is 16.6.